The van der Waals surface area contributed by atoms with Crippen molar-refractivity contribution in [2.24, 2.45) is 5.84 Å². The molecule has 6 heteroatoms. The van der Waals surface area contributed by atoms with E-state index in [0.717, 1.165) is 0 Å². The van der Waals surface area contributed by atoms with Crippen molar-refractivity contribution in [2.75, 3.05) is 5.43 Å². The number of thiol groups is 1. The van der Waals surface area contributed by atoms with Crippen LogP contribution in [0.25, 0.3) is 0 Å². The molecular weight excluding hydrogens is 198 g/mol. The van der Waals surface area contributed by atoms with Crippen molar-refractivity contribution < 1.29 is 13.5 Å². The number of ether oxygens (including phenoxy) is 1. The van der Waals surface area contributed by atoms with Gasteiger partial charge in [-0.15, -0.1) is 12.6 Å². The number of anilines is 1. The lowest BCUT2D eigenvalue weighted by molar-refractivity contribution is -0.0499. The molecule has 0 bridgehead atoms. The number of hydrazine groups is 1. The van der Waals surface area contributed by atoms with E-state index in [1.165, 1.54) is 12.1 Å². The molecule has 0 saturated carbocycles. The van der Waals surface area contributed by atoms with Gasteiger partial charge in [0.2, 0.25) is 0 Å². The normalized spacial score (nSPS) is 10.2. The van der Waals surface area contributed by atoms with Gasteiger partial charge in [-0.25, -0.2) is 0 Å². The van der Waals surface area contributed by atoms with Crippen molar-refractivity contribution in [3.05, 3.63) is 18.2 Å². The smallest absolute Gasteiger partial charge is 0.387 e. The second-order valence-corrected chi connectivity index (χ2v) is 2.75. The van der Waals surface area contributed by atoms with Gasteiger partial charge in [0, 0.05) is 11.0 Å². The van der Waals surface area contributed by atoms with Crippen molar-refractivity contribution in [1.82, 2.24) is 0 Å². The maximum Gasteiger partial charge on any atom is 0.387 e. The van der Waals surface area contributed by atoms with Crippen LogP contribution in [-0.4, -0.2) is 6.61 Å². The Balaban J connectivity index is 2.88. The van der Waals surface area contributed by atoms with Crippen LogP contribution >= 0.6 is 12.6 Å². The fourth-order valence-corrected chi connectivity index (χ4v) is 1.10. The molecule has 0 fully saturated rings. The van der Waals surface area contributed by atoms with E-state index in [1.807, 2.05) is 0 Å². The third kappa shape index (κ3) is 3.08. The second kappa shape index (κ2) is 4.29. The lowest BCUT2D eigenvalue weighted by atomic mass is 10.3. The van der Waals surface area contributed by atoms with Crippen molar-refractivity contribution in [3.8, 4) is 5.75 Å². The summed E-state index contributed by atoms with van der Waals surface area (Å²) in [5.41, 5.74) is 2.77. The number of alkyl halides is 2. The Labute approximate surface area is 79.3 Å². The summed E-state index contributed by atoms with van der Waals surface area (Å²) in [4.78, 5) is 0.492. The molecule has 3 N–H and O–H groups in total. The number of halogens is 2. The molecule has 1 aromatic carbocycles. The standard InChI is InChI=1S/C7H8F2N2OS/c8-7(9)12-5-1-4(11-10)2-6(13)3-5/h1-3,7,11,13H,10H2. The Morgan fingerprint density at radius 1 is 1.38 bits per heavy atom. The zero-order valence-electron chi connectivity index (χ0n) is 6.50. The minimum Gasteiger partial charge on any atom is -0.435 e. The van der Waals surface area contributed by atoms with Crippen LogP contribution in [0.15, 0.2) is 23.1 Å². The molecule has 13 heavy (non-hydrogen) atoms. The van der Waals surface area contributed by atoms with Gasteiger partial charge >= 0.3 is 6.61 Å². The first-order valence-electron chi connectivity index (χ1n) is 3.37. The second-order valence-electron chi connectivity index (χ2n) is 2.24. The first kappa shape index (κ1) is 10.1. The van der Waals surface area contributed by atoms with Gasteiger partial charge in [-0.3, -0.25) is 5.84 Å². The van der Waals surface area contributed by atoms with E-state index >= 15 is 0 Å². The van der Waals surface area contributed by atoms with Crippen LogP contribution < -0.4 is 16.0 Å². The molecule has 0 aliphatic heterocycles. The topological polar surface area (TPSA) is 47.3 Å². The van der Waals surface area contributed by atoms with Gasteiger partial charge in [-0.05, 0) is 12.1 Å². The molecule has 0 radical (unpaired) electrons. The number of nitrogens with one attached hydrogen (secondary N) is 1. The molecule has 0 atom stereocenters. The Morgan fingerprint density at radius 3 is 2.62 bits per heavy atom. The van der Waals surface area contributed by atoms with E-state index in [9.17, 15) is 8.78 Å². The van der Waals surface area contributed by atoms with E-state index in [0.29, 0.717) is 10.6 Å². The van der Waals surface area contributed by atoms with Crippen molar-refractivity contribution >= 4 is 18.3 Å². The van der Waals surface area contributed by atoms with Gasteiger partial charge in [0.1, 0.15) is 5.75 Å². The average molecular weight is 206 g/mol. The molecule has 0 unspecified atom stereocenters. The third-order valence-corrected chi connectivity index (χ3v) is 1.54. The van der Waals surface area contributed by atoms with Gasteiger partial charge in [0.15, 0.2) is 0 Å². The first-order valence-corrected chi connectivity index (χ1v) is 3.82. The van der Waals surface area contributed by atoms with Crippen LogP contribution in [0, 0.1) is 0 Å². The lowest BCUT2D eigenvalue weighted by Gasteiger charge is -2.07. The van der Waals surface area contributed by atoms with Gasteiger partial charge in [-0.1, -0.05) is 0 Å². The molecule has 3 nitrogen and oxygen atoms in total. The summed E-state index contributed by atoms with van der Waals surface area (Å²) in [5.74, 6) is 5.11. The van der Waals surface area contributed by atoms with Crippen LogP contribution in [0.3, 0.4) is 0 Å². The van der Waals surface area contributed by atoms with E-state index in [-0.39, 0.29) is 5.75 Å². The van der Waals surface area contributed by atoms with Crippen LogP contribution in [0.5, 0.6) is 5.75 Å². The zero-order valence-corrected chi connectivity index (χ0v) is 7.39. The highest BCUT2D eigenvalue weighted by atomic mass is 32.1. The number of rotatable bonds is 3. The number of benzene rings is 1. The molecule has 0 heterocycles. The maximum absolute atomic E-state index is 11.8. The molecule has 0 saturated heterocycles. The van der Waals surface area contributed by atoms with Crippen LogP contribution in [0.2, 0.25) is 0 Å². The van der Waals surface area contributed by atoms with Crippen molar-refractivity contribution in [1.29, 1.82) is 0 Å². The van der Waals surface area contributed by atoms with Gasteiger partial charge in [0.25, 0.3) is 0 Å². The fraction of sp³-hybridized carbons (Fsp3) is 0.143. The molecule has 0 spiro atoms. The monoisotopic (exact) mass is 206 g/mol. The Morgan fingerprint density at radius 2 is 2.08 bits per heavy atom. The first-order chi connectivity index (χ1) is 6.11. The molecule has 0 aliphatic carbocycles. The molecule has 0 aliphatic rings. The minimum atomic E-state index is -2.85. The van der Waals surface area contributed by atoms with Crippen molar-refractivity contribution in [3.63, 3.8) is 0 Å². The summed E-state index contributed by atoms with van der Waals surface area (Å²) in [6, 6.07) is 4.31. The summed E-state index contributed by atoms with van der Waals surface area (Å²) in [7, 11) is 0. The Hall–Kier alpha value is -1.01. The predicted molar refractivity (Wildman–Crippen MR) is 48.1 cm³/mol. The molecule has 0 aromatic heterocycles. The SMILES string of the molecule is NNc1cc(S)cc(OC(F)F)c1. The van der Waals surface area contributed by atoms with Crippen molar-refractivity contribution in [2.45, 2.75) is 11.5 Å². The number of nitrogens with two attached hydrogens (primary N) is 1. The summed E-state index contributed by atoms with van der Waals surface area (Å²) in [5, 5.41) is 0. The largest absolute Gasteiger partial charge is 0.435 e. The van der Waals surface area contributed by atoms with Gasteiger partial charge < -0.3 is 10.2 Å². The zero-order chi connectivity index (χ0) is 9.84. The van der Waals surface area contributed by atoms with E-state index in [4.69, 9.17) is 5.84 Å². The summed E-state index contributed by atoms with van der Waals surface area (Å²) < 4.78 is 27.7. The Kier molecular flexibility index (Phi) is 3.32. The highest BCUT2D eigenvalue weighted by Crippen LogP contribution is 2.23. The van der Waals surface area contributed by atoms with Crippen LogP contribution in [-0.2, 0) is 0 Å². The summed E-state index contributed by atoms with van der Waals surface area (Å²) in [6.45, 7) is -2.85. The minimum absolute atomic E-state index is 0.0236. The molecule has 1 rings (SSSR count). The molecule has 1 aromatic rings. The molecular formula is C7H8F2N2OS. The van der Waals surface area contributed by atoms with Gasteiger partial charge in [0.05, 0.1) is 5.69 Å². The molecule has 72 valence electrons. The third-order valence-electron chi connectivity index (χ3n) is 1.28. The lowest BCUT2D eigenvalue weighted by Crippen LogP contribution is -2.08. The number of hydrogen-bond donors (Lipinski definition) is 3. The van der Waals surface area contributed by atoms with Gasteiger partial charge in [-0.2, -0.15) is 8.78 Å². The van der Waals surface area contributed by atoms with Crippen LogP contribution in [0.4, 0.5) is 14.5 Å². The average Bonchev–Trinajstić information content (AvgIpc) is 2.01. The summed E-state index contributed by atoms with van der Waals surface area (Å²) in [6.07, 6.45) is 0. The highest BCUT2D eigenvalue weighted by molar-refractivity contribution is 7.80. The fourth-order valence-electron chi connectivity index (χ4n) is 0.838. The maximum atomic E-state index is 11.8. The summed E-state index contributed by atoms with van der Waals surface area (Å²) >= 11 is 3.98. The predicted octanol–water partition coefficient (Wildman–Crippen LogP) is 1.86. The van der Waals surface area contributed by atoms with Crippen LogP contribution in [0.1, 0.15) is 0 Å². The Bertz CT molecular complexity index is 296. The molecule has 0 amide bonds. The highest BCUT2D eigenvalue weighted by Gasteiger charge is 2.05. The van der Waals surface area contributed by atoms with E-state index in [1.54, 1.807) is 6.07 Å². The van der Waals surface area contributed by atoms with E-state index in [2.05, 4.69) is 22.8 Å². The number of nitrogen functional groups attached to an aromatic ring is 1. The van der Waals surface area contributed by atoms with E-state index < -0.39 is 6.61 Å². The number of hydrogen-bond acceptors (Lipinski definition) is 4. The quantitative estimate of drug-likeness (QED) is 0.402.